The quantitative estimate of drug-likeness (QED) is 0.907. The zero-order chi connectivity index (χ0) is 14.8. The number of piperazine rings is 1. The van der Waals surface area contributed by atoms with Crippen LogP contribution in [0, 0.1) is 0 Å². The second-order valence-electron chi connectivity index (χ2n) is 5.71. The summed E-state index contributed by atoms with van der Waals surface area (Å²) in [6.07, 6.45) is 3.21. The third kappa shape index (κ3) is 2.74. The molecule has 0 radical (unpaired) electrons. The number of hydrogen-bond acceptors (Lipinski definition) is 3. The van der Waals surface area contributed by atoms with Crippen molar-refractivity contribution in [3.63, 3.8) is 0 Å². The maximum Gasteiger partial charge on any atom is 0.0863 e. The maximum atomic E-state index is 6.50. The smallest absolute Gasteiger partial charge is 0.0863 e. The highest BCUT2D eigenvalue weighted by Gasteiger charge is 2.36. The van der Waals surface area contributed by atoms with E-state index in [-0.39, 0.29) is 5.54 Å². The molecule has 1 aromatic heterocycles. The van der Waals surface area contributed by atoms with Crippen LogP contribution in [0.1, 0.15) is 45.0 Å². The van der Waals surface area contributed by atoms with Crippen LogP contribution in [0.15, 0.2) is 0 Å². The van der Waals surface area contributed by atoms with Crippen molar-refractivity contribution in [2.24, 2.45) is 7.05 Å². The second kappa shape index (κ2) is 6.46. The number of nitrogens with zero attached hydrogens (tertiary/aromatic N) is 3. The molecule has 1 saturated heterocycles. The lowest BCUT2D eigenvalue weighted by atomic mass is 9.88. The van der Waals surface area contributed by atoms with Gasteiger partial charge in [-0.1, -0.05) is 32.4 Å². The largest absolute Gasteiger partial charge is 0.314 e. The molecule has 2 heterocycles. The fourth-order valence-corrected chi connectivity index (χ4v) is 3.60. The summed E-state index contributed by atoms with van der Waals surface area (Å²) in [5.74, 6) is 0. The van der Waals surface area contributed by atoms with E-state index in [0.29, 0.717) is 0 Å². The topological polar surface area (TPSA) is 33.1 Å². The number of aromatic nitrogens is 2. The standard InChI is InChI=1S/C15H27ClN4/c1-5-12-14(16)13(19(4)18-12)10-20-9-8-17-11-15(20,6-2)7-3/h17H,5-11H2,1-4H3. The molecular formula is C15H27ClN4. The van der Waals surface area contributed by atoms with Crippen molar-refractivity contribution >= 4 is 11.6 Å². The Morgan fingerprint density at radius 1 is 1.30 bits per heavy atom. The van der Waals surface area contributed by atoms with Crippen molar-refractivity contribution in [2.75, 3.05) is 19.6 Å². The Kier molecular flexibility index (Phi) is 5.10. The Hall–Kier alpha value is -0.580. The van der Waals surface area contributed by atoms with Gasteiger partial charge in [-0.25, -0.2) is 0 Å². The molecule has 114 valence electrons. The van der Waals surface area contributed by atoms with Gasteiger partial charge in [-0.2, -0.15) is 5.10 Å². The van der Waals surface area contributed by atoms with E-state index < -0.39 is 0 Å². The molecule has 1 aromatic rings. The number of hydrogen-bond donors (Lipinski definition) is 1. The van der Waals surface area contributed by atoms with Crippen LogP contribution in [-0.4, -0.2) is 39.9 Å². The number of aryl methyl sites for hydroxylation is 2. The fourth-order valence-electron chi connectivity index (χ4n) is 3.25. The van der Waals surface area contributed by atoms with E-state index >= 15 is 0 Å². The first-order chi connectivity index (χ1) is 9.57. The molecule has 5 heteroatoms. The van der Waals surface area contributed by atoms with Gasteiger partial charge in [0.05, 0.1) is 16.4 Å². The van der Waals surface area contributed by atoms with Crippen LogP contribution in [0.25, 0.3) is 0 Å². The van der Waals surface area contributed by atoms with Gasteiger partial charge in [0.25, 0.3) is 0 Å². The van der Waals surface area contributed by atoms with Crippen LogP contribution in [0.2, 0.25) is 5.02 Å². The molecule has 0 atom stereocenters. The summed E-state index contributed by atoms with van der Waals surface area (Å²) in [6.45, 7) is 10.8. The average molecular weight is 299 g/mol. The van der Waals surface area contributed by atoms with Crippen molar-refractivity contribution in [1.29, 1.82) is 0 Å². The Labute approximate surface area is 127 Å². The number of nitrogens with one attached hydrogen (secondary N) is 1. The summed E-state index contributed by atoms with van der Waals surface area (Å²) in [7, 11) is 2.00. The Morgan fingerprint density at radius 3 is 2.55 bits per heavy atom. The second-order valence-corrected chi connectivity index (χ2v) is 6.09. The highest BCUT2D eigenvalue weighted by atomic mass is 35.5. The monoisotopic (exact) mass is 298 g/mol. The molecule has 2 rings (SSSR count). The van der Waals surface area contributed by atoms with Gasteiger partial charge in [0, 0.05) is 38.8 Å². The highest BCUT2D eigenvalue weighted by Crippen LogP contribution is 2.30. The molecule has 0 aliphatic carbocycles. The van der Waals surface area contributed by atoms with Crippen LogP contribution < -0.4 is 5.32 Å². The third-order valence-electron chi connectivity index (χ3n) is 4.84. The van der Waals surface area contributed by atoms with Gasteiger partial charge in [0.1, 0.15) is 0 Å². The van der Waals surface area contributed by atoms with Crippen LogP contribution in [0.3, 0.4) is 0 Å². The first kappa shape index (κ1) is 15.8. The lowest BCUT2D eigenvalue weighted by Gasteiger charge is -2.47. The van der Waals surface area contributed by atoms with E-state index in [1.54, 1.807) is 0 Å². The number of halogens is 1. The zero-order valence-corrected chi connectivity index (χ0v) is 13.9. The van der Waals surface area contributed by atoms with Crippen molar-refractivity contribution in [3.05, 3.63) is 16.4 Å². The predicted octanol–water partition coefficient (Wildman–Crippen LogP) is 2.60. The molecule has 1 N–H and O–H groups in total. The average Bonchev–Trinajstić information content (AvgIpc) is 2.75. The van der Waals surface area contributed by atoms with Gasteiger partial charge < -0.3 is 5.32 Å². The molecule has 0 amide bonds. The van der Waals surface area contributed by atoms with Crippen molar-refractivity contribution < 1.29 is 0 Å². The summed E-state index contributed by atoms with van der Waals surface area (Å²) in [5.41, 5.74) is 2.41. The lowest BCUT2D eigenvalue weighted by Crippen LogP contribution is -2.60. The predicted molar refractivity (Wildman–Crippen MR) is 84.2 cm³/mol. The van der Waals surface area contributed by atoms with Gasteiger partial charge in [-0.3, -0.25) is 9.58 Å². The van der Waals surface area contributed by atoms with Gasteiger partial charge >= 0.3 is 0 Å². The summed E-state index contributed by atoms with van der Waals surface area (Å²) in [4.78, 5) is 2.59. The molecule has 0 unspecified atom stereocenters. The SMILES string of the molecule is CCc1nn(C)c(CN2CCNCC2(CC)CC)c1Cl. The summed E-state index contributed by atoms with van der Waals surface area (Å²) in [5, 5.41) is 8.93. The minimum atomic E-state index is 0.248. The number of rotatable bonds is 5. The lowest BCUT2D eigenvalue weighted by molar-refractivity contribution is 0.0427. The Bertz CT molecular complexity index is 451. The minimum absolute atomic E-state index is 0.248. The zero-order valence-electron chi connectivity index (χ0n) is 13.2. The first-order valence-electron chi connectivity index (χ1n) is 7.74. The molecule has 1 aliphatic heterocycles. The van der Waals surface area contributed by atoms with Gasteiger partial charge in [-0.15, -0.1) is 0 Å². The van der Waals surface area contributed by atoms with E-state index in [4.69, 9.17) is 11.6 Å². The Morgan fingerprint density at radius 2 is 2.00 bits per heavy atom. The summed E-state index contributed by atoms with van der Waals surface area (Å²) in [6, 6.07) is 0. The molecule has 0 spiro atoms. The van der Waals surface area contributed by atoms with Crippen LogP contribution in [-0.2, 0) is 20.0 Å². The van der Waals surface area contributed by atoms with Crippen LogP contribution in [0.5, 0.6) is 0 Å². The summed E-state index contributed by atoms with van der Waals surface area (Å²) < 4.78 is 1.96. The molecule has 4 nitrogen and oxygen atoms in total. The van der Waals surface area contributed by atoms with Crippen molar-refractivity contribution in [3.8, 4) is 0 Å². The van der Waals surface area contributed by atoms with E-state index in [2.05, 4.69) is 36.1 Å². The molecule has 20 heavy (non-hydrogen) atoms. The third-order valence-corrected chi connectivity index (χ3v) is 5.28. The molecule has 0 aromatic carbocycles. The molecule has 1 fully saturated rings. The van der Waals surface area contributed by atoms with E-state index in [1.165, 1.54) is 0 Å². The highest BCUT2D eigenvalue weighted by molar-refractivity contribution is 6.31. The molecule has 0 bridgehead atoms. The summed E-state index contributed by atoms with van der Waals surface area (Å²) >= 11 is 6.50. The van der Waals surface area contributed by atoms with Crippen LogP contribution >= 0.6 is 11.6 Å². The molecular weight excluding hydrogens is 272 g/mol. The normalized spacial score (nSPS) is 19.4. The minimum Gasteiger partial charge on any atom is -0.314 e. The van der Waals surface area contributed by atoms with Crippen molar-refractivity contribution in [1.82, 2.24) is 20.0 Å². The van der Waals surface area contributed by atoms with Gasteiger partial charge in [0.2, 0.25) is 0 Å². The van der Waals surface area contributed by atoms with E-state index in [0.717, 1.165) is 61.9 Å². The maximum absolute atomic E-state index is 6.50. The van der Waals surface area contributed by atoms with Crippen molar-refractivity contribution in [2.45, 2.75) is 52.1 Å². The first-order valence-corrected chi connectivity index (χ1v) is 8.11. The molecule has 0 saturated carbocycles. The van der Waals surface area contributed by atoms with Gasteiger partial charge in [0.15, 0.2) is 0 Å². The fraction of sp³-hybridized carbons (Fsp3) is 0.800. The van der Waals surface area contributed by atoms with Gasteiger partial charge in [-0.05, 0) is 19.3 Å². The van der Waals surface area contributed by atoms with E-state index in [1.807, 2.05) is 11.7 Å². The Balaban J connectivity index is 2.25. The molecule has 1 aliphatic rings. The van der Waals surface area contributed by atoms with E-state index in [9.17, 15) is 0 Å². The van der Waals surface area contributed by atoms with Crippen LogP contribution in [0.4, 0.5) is 0 Å².